The summed E-state index contributed by atoms with van der Waals surface area (Å²) in [5, 5.41) is 8.87. The molecule has 2 heteroatoms. The van der Waals surface area contributed by atoms with Gasteiger partial charge in [0, 0.05) is 0 Å². The van der Waals surface area contributed by atoms with Crippen molar-refractivity contribution in [3.8, 4) is 0 Å². The van der Waals surface area contributed by atoms with Gasteiger partial charge in [0.1, 0.15) is 0 Å². The molecule has 0 spiro atoms. The molecule has 0 aliphatic carbocycles. The molecule has 0 radical (unpaired) electrons. The molecule has 2 nitrogen and oxygen atoms in total. The van der Waals surface area contributed by atoms with Crippen LogP contribution in [0.2, 0.25) is 0 Å². The molecule has 108 valence electrons. The molecule has 0 fully saturated rings. The topological polar surface area (TPSA) is 29.5 Å². The highest BCUT2D eigenvalue weighted by Gasteiger charge is 2.17. The quantitative estimate of drug-likeness (QED) is 0.777. The van der Waals surface area contributed by atoms with Crippen molar-refractivity contribution in [2.45, 2.75) is 46.6 Å². The minimum Gasteiger partial charge on any atom is -0.394 e. The Morgan fingerprint density at radius 3 is 2.53 bits per heavy atom. The Kier molecular flexibility index (Phi) is 7.11. The monoisotopic (exact) mass is 264 g/mol. The van der Waals surface area contributed by atoms with Crippen molar-refractivity contribution in [3.63, 3.8) is 0 Å². The fraction of sp³-hybridized carbons (Fsp3) is 0.647. The van der Waals surface area contributed by atoms with Crippen molar-refractivity contribution < 1.29 is 9.84 Å². The first-order valence-electron chi connectivity index (χ1n) is 7.31. The summed E-state index contributed by atoms with van der Waals surface area (Å²) in [6.45, 7) is 9.33. The van der Waals surface area contributed by atoms with Crippen LogP contribution in [0.15, 0.2) is 24.3 Å². The molecular formula is C17H28O2. The highest BCUT2D eigenvalue weighted by atomic mass is 16.5. The average Bonchev–Trinajstić information content (AvgIpc) is 2.34. The minimum absolute atomic E-state index is 0.107. The molecule has 1 aromatic rings. The highest BCUT2D eigenvalue weighted by Crippen LogP contribution is 2.20. The first kappa shape index (κ1) is 16.2. The summed E-state index contributed by atoms with van der Waals surface area (Å²) >= 11 is 0. The van der Waals surface area contributed by atoms with E-state index in [1.807, 2.05) is 0 Å². The van der Waals surface area contributed by atoms with E-state index in [0.717, 1.165) is 12.8 Å². The lowest BCUT2D eigenvalue weighted by molar-refractivity contribution is -0.00911. The Balaban J connectivity index is 2.50. The molecule has 0 heterocycles. The van der Waals surface area contributed by atoms with Gasteiger partial charge in [0.2, 0.25) is 0 Å². The van der Waals surface area contributed by atoms with Gasteiger partial charge in [-0.3, -0.25) is 0 Å². The number of aliphatic hydroxyl groups excluding tert-OH is 1. The second kappa shape index (κ2) is 8.34. The molecule has 0 aliphatic heterocycles. The third kappa shape index (κ3) is 6.22. The molecule has 2 unspecified atom stereocenters. The smallest absolute Gasteiger partial charge is 0.0701 e. The third-order valence-corrected chi connectivity index (χ3v) is 3.47. The molecule has 1 aromatic carbocycles. The van der Waals surface area contributed by atoms with Crippen LogP contribution in [0.1, 0.15) is 38.3 Å². The maximum atomic E-state index is 8.87. The zero-order valence-corrected chi connectivity index (χ0v) is 12.7. The van der Waals surface area contributed by atoms with E-state index in [2.05, 4.69) is 52.0 Å². The number of ether oxygens (including phenoxy) is 1. The van der Waals surface area contributed by atoms with Crippen LogP contribution in [-0.2, 0) is 11.2 Å². The van der Waals surface area contributed by atoms with Crippen LogP contribution in [0.5, 0.6) is 0 Å². The summed E-state index contributed by atoms with van der Waals surface area (Å²) in [6.07, 6.45) is 2.38. The maximum Gasteiger partial charge on any atom is 0.0701 e. The van der Waals surface area contributed by atoms with Crippen LogP contribution >= 0.6 is 0 Å². The van der Waals surface area contributed by atoms with E-state index in [-0.39, 0.29) is 12.7 Å². The van der Waals surface area contributed by atoms with E-state index in [1.54, 1.807) is 0 Å². The largest absolute Gasteiger partial charge is 0.394 e. The van der Waals surface area contributed by atoms with Gasteiger partial charge in [-0.25, -0.2) is 0 Å². The van der Waals surface area contributed by atoms with Gasteiger partial charge in [0.15, 0.2) is 0 Å². The van der Waals surface area contributed by atoms with Crippen molar-refractivity contribution in [1.82, 2.24) is 0 Å². The lowest BCUT2D eigenvalue weighted by atomic mass is 9.91. The van der Waals surface area contributed by atoms with Gasteiger partial charge < -0.3 is 9.84 Å². The lowest BCUT2D eigenvalue weighted by Gasteiger charge is -2.24. The predicted octanol–water partition coefficient (Wildman–Crippen LogP) is 3.60. The molecular weight excluding hydrogens is 236 g/mol. The van der Waals surface area contributed by atoms with E-state index in [4.69, 9.17) is 9.84 Å². The molecule has 0 aromatic heterocycles. The van der Waals surface area contributed by atoms with Crippen molar-refractivity contribution in [2.75, 3.05) is 13.2 Å². The fourth-order valence-electron chi connectivity index (χ4n) is 2.46. The zero-order chi connectivity index (χ0) is 14.3. The van der Waals surface area contributed by atoms with Crippen LogP contribution in [0.25, 0.3) is 0 Å². The van der Waals surface area contributed by atoms with E-state index >= 15 is 0 Å². The Morgan fingerprint density at radius 1 is 1.21 bits per heavy atom. The van der Waals surface area contributed by atoms with Crippen molar-refractivity contribution in [1.29, 1.82) is 0 Å². The second-order valence-corrected chi connectivity index (χ2v) is 5.91. The molecule has 1 rings (SSSR count). The Morgan fingerprint density at radius 2 is 1.95 bits per heavy atom. The predicted molar refractivity (Wildman–Crippen MR) is 80.3 cm³/mol. The summed E-state index contributed by atoms with van der Waals surface area (Å²) in [7, 11) is 0. The molecule has 0 bridgehead atoms. The summed E-state index contributed by atoms with van der Waals surface area (Å²) in [4.78, 5) is 0. The van der Waals surface area contributed by atoms with E-state index < -0.39 is 0 Å². The Bertz CT molecular complexity index is 360. The van der Waals surface area contributed by atoms with Crippen LogP contribution in [-0.4, -0.2) is 24.4 Å². The first-order valence-corrected chi connectivity index (χ1v) is 7.31. The number of rotatable bonds is 8. The van der Waals surface area contributed by atoms with E-state index in [0.29, 0.717) is 18.4 Å². The van der Waals surface area contributed by atoms with Crippen molar-refractivity contribution in [2.24, 2.45) is 11.8 Å². The summed E-state index contributed by atoms with van der Waals surface area (Å²) < 4.78 is 5.73. The van der Waals surface area contributed by atoms with Crippen molar-refractivity contribution >= 4 is 0 Å². The lowest BCUT2D eigenvalue weighted by Crippen LogP contribution is -2.24. The van der Waals surface area contributed by atoms with Crippen LogP contribution in [0, 0.1) is 18.8 Å². The number of hydrogen-bond donors (Lipinski definition) is 1. The summed E-state index contributed by atoms with van der Waals surface area (Å²) in [5.41, 5.74) is 2.72. The molecule has 19 heavy (non-hydrogen) atoms. The molecule has 0 saturated carbocycles. The number of hydrogen-bond acceptors (Lipinski definition) is 2. The normalized spacial score (nSPS) is 14.6. The van der Waals surface area contributed by atoms with Gasteiger partial charge in [-0.2, -0.15) is 0 Å². The number of aliphatic hydroxyl groups is 1. The number of aryl methyl sites for hydroxylation is 1. The molecule has 0 aliphatic rings. The van der Waals surface area contributed by atoms with Gasteiger partial charge in [-0.15, -0.1) is 0 Å². The van der Waals surface area contributed by atoms with Crippen LogP contribution < -0.4 is 0 Å². The van der Waals surface area contributed by atoms with Gasteiger partial charge >= 0.3 is 0 Å². The number of benzene rings is 1. The van der Waals surface area contributed by atoms with Gasteiger partial charge in [-0.1, -0.05) is 50.6 Å². The van der Waals surface area contributed by atoms with Gasteiger partial charge in [0.25, 0.3) is 0 Å². The highest BCUT2D eigenvalue weighted by molar-refractivity contribution is 5.22. The molecule has 0 saturated heterocycles. The fourth-order valence-corrected chi connectivity index (χ4v) is 2.46. The SMILES string of the molecule is Cc1cccc(CC(C)CC(OCCO)C(C)C)c1. The average molecular weight is 264 g/mol. The van der Waals surface area contributed by atoms with Crippen LogP contribution in [0.4, 0.5) is 0 Å². The Hall–Kier alpha value is -0.860. The van der Waals surface area contributed by atoms with Gasteiger partial charge in [-0.05, 0) is 37.2 Å². The molecule has 1 N–H and O–H groups in total. The first-order chi connectivity index (χ1) is 9.02. The van der Waals surface area contributed by atoms with Crippen molar-refractivity contribution in [3.05, 3.63) is 35.4 Å². The molecule has 2 atom stereocenters. The summed E-state index contributed by atoms with van der Waals surface area (Å²) in [6, 6.07) is 8.72. The van der Waals surface area contributed by atoms with E-state index in [9.17, 15) is 0 Å². The maximum absolute atomic E-state index is 8.87. The summed E-state index contributed by atoms with van der Waals surface area (Å²) in [5.74, 6) is 1.08. The second-order valence-electron chi connectivity index (χ2n) is 5.91. The third-order valence-electron chi connectivity index (χ3n) is 3.47. The minimum atomic E-state index is 0.107. The zero-order valence-electron chi connectivity index (χ0n) is 12.7. The Labute approximate surface area is 117 Å². The standard InChI is InChI=1S/C17H28O2/c1-13(2)17(19-9-8-18)12-15(4)11-16-7-5-6-14(3)10-16/h5-7,10,13,15,17-18H,8-9,11-12H2,1-4H3. The van der Waals surface area contributed by atoms with Crippen LogP contribution in [0.3, 0.4) is 0 Å². The molecule has 0 amide bonds. The van der Waals surface area contributed by atoms with Gasteiger partial charge in [0.05, 0.1) is 19.3 Å². The van der Waals surface area contributed by atoms with E-state index in [1.165, 1.54) is 11.1 Å².